The van der Waals surface area contributed by atoms with E-state index < -0.39 is 10.0 Å². The lowest BCUT2D eigenvalue weighted by Gasteiger charge is -2.10. The minimum atomic E-state index is -3.52. The zero-order chi connectivity index (χ0) is 11.6. The van der Waals surface area contributed by atoms with Crippen LogP contribution in [0.2, 0.25) is 0 Å². The Balaban J connectivity index is 2.14. The number of hydrogen-bond donors (Lipinski definition) is 2. The fraction of sp³-hybridized carbons (Fsp3) is 0.556. The molecule has 6 nitrogen and oxygen atoms in total. The lowest BCUT2D eigenvalue weighted by Crippen LogP contribution is -2.36. The maximum Gasteiger partial charge on any atom is 0.260 e. The molecule has 7 heteroatoms. The van der Waals surface area contributed by atoms with Crippen molar-refractivity contribution in [1.82, 2.24) is 20.2 Å². The van der Waals surface area contributed by atoms with Crippen LogP contribution in [0.3, 0.4) is 0 Å². The Morgan fingerprint density at radius 1 is 1.44 bits per heavy atom. The molecule has 1 fully saturated rings. The third kappa shape index (κ3) is 2.55. The fourth-order valence-corrected chi connectivity index (χ4v) is 2.72. The highest BCUT2D eigenvalue weighted by atomic mass is 32.2. The summed E-state index contributed by atoms with van der Waals surface area (Å²) >= 11 is 0. The summed E-state index contributed by atoms with van der Waals surface area (Å²) < 4.78 is 26.3. The van der Waals surface area contributed by atoms with Crippen LogP contribution in [0.25, 0.3) is 0 Å². The average molecular weight is 242 g/mol. The summed E-state index contributed by atoms with van der Waals surface area (Å²) in [4.78, 5) is 0. The molecule has 0 spiro atoms. The maximum absolute atomic E-state index is 11.9. The molecule has 2 rings (SSSR count). The normalized spacial score (nSPS) is 21.2. The number of rotatable bonds is 3. The van der Waals surface area contributed by atoms with Gasteiger partial charge in [-0.2, -0.15) is 5.10 Å². The number of aromatic nitrogens is 2. The summed E-state index contributed by atoms with van der Waals surface area (Å²) in [5, 5.41) is 10.5. The molecule has 0 radical (unpaired) electrons. The van der Waals surface area contributed by atoms with Gasteiger partial charge in [0, 0.05) is 12.6 Å². The van der Waals surface area contributed by atoms with Crippen LogP contribution in [0.15, 0.2) is 17.2 Å². The van der Waals surface area contributed by atoms with E-state index in [-0.39, 0.29) is 11.1 Å². The van der Waals surface area contributed by atoms with Crippen molar-refractivity contribution in [2.75, 3.05) is 13.1 Å². The largest absolute Gasteiger partial charge is 0.315 e. The van der Waals surface area contributed by atoms with E-state index in [0.29, 0.717) is 12.2 Å². The Hall–Kier alpha value is -1.05. The molecule has 1 saturated heterocycles. The number of nitrogens with one attached hydrogen (secondary N) is 2. The van der Waals surface area contributed by atoms with Gasteiger partial charge in [-0.25, -0.2) is 13.1 Å². The first-order valence-electron chi connectivity index (χ1n) is 5.11. The summed E-state index contributed by atoms with van der Waals surface area (Å²) in [5.74, 6) is 0. The second-order valence-corrected chi connectivity index (χ2v) is 5.48. The Bertz CT molecular complexity index is 451. The van der Waals surface area contributed by atoms with Gasteiger partial charge in [-0.3, -0.25) is 0 Å². The maximum atomic E-state index is 11.9. The van der Waals surface area contributed by atoms with Crippen LogP contribution in [0, 0.1) is 6.92 Å². The molecule has 88 valence electrons. The summed E-state index contributed by atoms with van der Waals surface area (Å²) in [7, 11) is -3.52. The number of nitrogens with zero attached hydrogens (tertiary/aromatic N) is 2. The summed E-state index contributed by atoms with van der Waals surface area (Å²) in [5.41, 5.74) is 0.696. The van der Waals surface area contributed by atoms with E-state index in [2.05, 4.69) is 20.2 Å². The van der Waals surface area contributed by atoms with E-state index in [1.807, 2.05) is 0 Å². The zero-order valence-corrected chi connectivity index (χ0v) is 9.79. The molecule has 1 aromatic rings. The van der Waals surface area contributed by atoms with E-state index in [0.717, 1.165) is 13.0 Å². The Labute approximate surface area is 94.5 Å². The van der Waals surface area contributed by atoms with Gasteiger partial charge in [0.05, 0.1) is 5.69 Å². The second kappa shape index (κ2) is 4.44. The molecular weight excluding hydrogens is 228 g/mol. The van der Waals surface area contributed by atoms with E-state index in [1.54, 1.807) is 13.0 Å². The van der Waals surface area contributed by atoms with Crippen molar-refractivity contribution in [3.63, 3.8) is 0 Å². The molecule has 0 amide bonds. The van der Waals surface area contributed by atoms with Gasteiger partial charge in [-0.15, -0.1) is 5.10 Å². The van der Waals surface area contributed by atoms with Crippen molar-refractivity contribution in [2.45, 2.75) is 24.4 Å². The molecule has 0 aromatic carbocycles. The van der Waals surface area contributed by atoms with Crippen LogP contribution >= 0.6 is 0 Å². The van der Waals surface area contributed by atoms with Crippen molar-refractivity contribution < 1.29 is 8.42 Å². The van der Waals surface area contributed by atoms with Crippen molar-refractivity contribution >= 4 is 10.0 Å². The first kappa shape index (κ1) is 11.4. The first-order chi connectivity index (χ1) is 7.58. The highest BCUT2D eigenvalue weighted by Crippen LogP contribution is 2.07. The molecule has 16 heavy (non-hydrogen) atoms. The van der Waals surface area contributed by atoms with Gasteiger partial charge >= 0.3 is 0 Å². The molecule has 1 unspecified atom stereocenters. The molecule has 0 aliphatic carbocycles. The first-order valence-corrected chi connectivity index (χ1v) is 6.59. The third-order valence-electron chi connectivity index (χ3n) is 2.43. The highest BCUT2D eigenvalue weighted by molar-refractivity contribution is 7.89. The van der Waals surface area contributed by atoms with Crippen molar-refractivity contribution in [3.8, 4) is 0 Å². The fourth-order valence-electron chi connectivity index (χ4n) is 1.57. The van der Waals surface area contributed by atoms with Gasteiger partial charge < -0.3 is 5.32 Å². The van der Waals surface area contributed by atoms with Gasteiger partial charge in [0.25, 0.3) is 10.0 Å². The molecule has 1 atom stereocenters. The summed E-state index contributed by atoms with van der Waals surface area (Å²) in [6, 6.07) is 3.05. The number of sulfonamides is 1. The number of aryl methyl sites for hydroxylation is 1. The number of hydrogen-bond acceptors (Lipinski definition) is 5. The zero-order valence-electron chi connectivity index (χ0n) is 8.97. The Morgan fingerprint density at radius 2 is 2.25 bits per heavy atom. The topological polar surface area (TPSA) is 84.0 Å². The average Bonchev–Trinajstić information content (AvgIpc) is 2.70. The minimum Gasteiger partial charge on any atom is -0.315 e. The predicted octanol–water partition coefficient (Wildman–Crippen LogP) is -0.575. The predicted molar refractivity (Wildman–Crippen MR) is 58.4 cm³/mol. The van der Waals surface area contributed by atoms with Gasteiger partial charge in [0.1, 0.15) is 0 Å². The molecular formula is C9H14N4O2S. The minimum absolute atomic E-state index is 0.0231. The van der Waals surface area contributed by atoms with E-state index >= 15 is 0 Å². The van der Waals surface area contributed by atoms with Crippen LogP contribution < -0.4 is 10.0 Å². The summed E-state index contributed by atoms with van der Waals surface area (Å²) in [6.07, 6.45) is 0.804. The summed E-state index contributed by atoms with van der Waals surface area (Å²) in [6.45, 7) is 3.27. The van der Waals surface area contributed by atoms with Gasteiger partial charge in [-0.05, 0) is 32.0 Å². The third-order valence-corrected chi connectivity index (χ3v) is 3.84. The van der Waals surface area contributed by atoms with E-state index in [4.69, 9.17) is 0 Å². The van der Waals surface area contributed by atoms with E-state index in [1.165, 1.54) is 6.07 Å². The van der Waals surface area contributed by atoms with Crippen LogP contribution in [-0.4, -0.2) is 37.7 Å². The van der Waals surface area contributed by atoms with Gasteiger partial charge in [0.2, 0.25) is 0 Å². The van der Waals surface area contributed by atoms with Crippen LogP contribution in [0.1, 0.15) is 12.1 Å². The van der Waals surface area contributed by atoms with Crippen LogP contribution in [0.4, 0.5) is 0 Å². The quantitative estimate of drug-likeness (QED) is 0.741. The Morgan fingerprint density at radius 3 is 2.81 bits per heavy atom. The van der Waals surface area contributed by atoms with Crippen molar-refractivity contribution in [1.29, 1.82) is 0 Å². The van der Waals surface area contributed by atoms with Crippen LogP contribution in [-0.2, 0) is 10.0 Å². The van der Waals surface area contributed by atoms with Crippen molar-refractivity contribution in [3.05, 3.63) is 17.8 Å². The molecule has 2 heterocycles. The molecule has 1 aliphatic rings. The van der Waals surface area contributed by atoms with Crippen molar-refractivity contribution in [2.24, 2.45) is 0 Å². The van der Waals surface area contributed by atoms with Gasteiger partial charge in [0.15, 0.2) is 5.03 Å². The molecule has 0 bridgehead atoms. The van der Waals surface area contributed by atoms with E-state index in [9.17, 15) is 8.42 Å². The lowest BCUT2D eigenvalue weighted by molar-refractivity contribution is 0.554. The molecule has 1 aromatic heterocycles. The Kier molecular flexibility index (Phi) is 3.17. The smallest absolute Gasteiger partial charge is 0.260 e. The SMILES string of the molecule is Cc1ccc(S(=O)(=O)NC2CCNC2)nn1. The van der Waals surface area contributed by atoms with Crippen LogP contribution in [0.5, 0.6) is 0 Å². The van der Waals surface area contributed by atoms with Gasteiger partial charge in [-0.1, -0.05) is 0 Å². The monoisotopic (exact) mass is 242 g/mol. The molecule has 0 saturated carbocycles. The molecule has 2 N–H and O–H groups in total. The highest BCUT2D eigenvalue weighted by Gasteiger charge is 2.23. The second-order valence-electron chi connectivity index (χ2n) is 3.82. The lowest BCUT2D eigenvalue weighted by atomic mass is 10.3. The molecule has 1 aliphatic heterocycles. The standard InChI is InChI=1S/C9H14N4O2S/c1-7-2-3-9(12-11-7)16(14,15)13-8-4-5-10-6-8/h2-3,8,10,13H,4-6H2,1H3.